The Morgan fingerprint density at radius 1 is 1.69 bits per heavy atom. The molecule has 84 valence electrons. The van der Waals surface area contributed by atoms with Gasteiger partial charge in [0, 0.05) is 25.3 Å². The summed E-state index contributed by atoms with van der Waals surface area (Å²) in [5.74, 6) is 0.912. The first kappa shape index (κ1) is 10.9. The normalized spacial score (nSPS) is 19.4. The van der Waals surface area contributed by atoms with Gasteiger partial charge < -0.3 is 10.2 Å². The van der Waals surface area contributed by atoms with Crippen molar-refractivity contribution in [2.75, 3.05) is 24.5 Å². The number of hydrogen-bond acceptors (Lipinski definition) is 4. The van der Waals surface area contributed by atoms with E-state index < -0.39 is 0 Å². The van der Waals surface area contributed by atoms with Crippen molar-refractivity contribution in [2.24, 2.45) is 0 Å². The lowest BCUT2D eigenvalue weighted by atomic mass is 10.2. The van der Waals surface area contributed by atoms with Gasteiger partial charge in [-0.3, -0.25) is 0 Å². The highest BCUT2D eigenvalue weighted by atomic mass is 15.2. The molecule has 1 atom stereocenters. The average molecular weight is 216 g/mol. The van der Waals surface area contributed by atoms with Gasteiger partial charge in [-0.25, -0.2) is 4.98 Å². The van der Waals surface area contributed by atoms with E-state index in [1.807, 2.05) is 6.07 Å². The van der Waals surface area contributed by atoms with Crippen LogP contribution in [0.1, 0.15) is 18.9 Å². The molecule has 0 saturated carbocycles. The first-order valence-electron chi connectivity index (χ1n) is 5.68. The Bertz CT molecular complexity index is 390. The summed E-state index contributed by atoms with van der Waals surface area (Å²) in [5, 5.41) is 12.2. The smallest absolute Gasteiger partial charge is 0.130 e. The molecule has 2 rings (SSSR count). The fourth-order valence-corrected chi connectivity index (χ4v) is 2.16. The highest BCUT2D eigenvalue weighted by molar-refractivity contribution is 5.46. The molecule has 2 heterocycles. The largest absolute Gasteiger partial charge is 0.353 e. The van der Waals surface area contributed by atoms with E-state index in [0.29, 0.717) is 11.6 Å². The summed E-state index contributed by atoms with van der Waals surface area (Å²) in [4.78, 5) is 6.61. The van der Waals surface area contributed by atoms with E-state index in [-0.39, 0.29) is 0 Å². The van der Waals surface area contributed by atoms with Crippen LogP contribution in [0.2, 0.25) is 0 Å². The first-order chi connectivity index (χ1) is 7.85. The molecule has 1 aliphatic rings. The third-order valence-electron chi connectivity index (χ3n) is 2.98. The molecule has 0 amide bonds. The van der Waals surface area contributed by atoms with Crippen molar-refractivity contribution in [2.45, 2.75) is 19.4 Å². The summed E-state index contributed by atoms with van der Waals surface area (Å²) in [6, 6.07) is 6.26. The van der Waals surface area contributed by atoms with Crippen molar-refractivity contribution in [3.05, 3.63) is 23.9 Å². The standard InChI is InChI=1S/C12H16N4/c1-2-16(11-4-5-14-9-11)12-7-10(8-13)3-6-15-12/h3,6-7,11,14H,2,4-5,9H2,1H3. The molecular weight excluding hydrogens is 200 g/mol. The molecule has 4 nitrogen and oxygen atoms in total. The molecule has 1 unspecified atom stereocenters. The Hall–Kier alpha value is -1.60. The second kappa shape index (κ2) is 4.95. The van der Waals surface area contributed by atoms with Crippen LogP contribution >= 0.6 is 0 Å². The predicted molar refractivity (Wildman–Crippen MR) is 63.2 cm³/mol. The third kappa shape index (κ3) is 2.15. The van der Waals surface area contributed by atoms with Crippen LogP contribution in [0, 0.1) is 11.3 Å². The fourth-order valence-electron chi connectivity index (χ4n) is 2.16. The second-order valence-corrected chi connectivity index (χ2v) is 3.95. The maximum absolute atomic E-state index is 8.87. The number of nitrogens with zero attached hydrogens (tertiary/aromatic N) is 3. The predicted octanol–water partition coefficient (Wildman–Crippen LogP) is 1.14. The van der Waals surface area contributed by atoms with E-state index in [9.17, 15) is 0 Å². The van der Waals surface area contributed by atoms with E-state index >= 15 is 0 Å². The molecule has 0 bridgehead atoms. The number of nitriles is 1. The maximum Gasteiger partial charge on any atom is 0.130 e. The molecule has 0 spiro atoms. The van der Waals surface area contributed by atoms with Gasteiger partial charge >= 0.3 is 0 Å². The Morgan fingerprint density at radius 3 is 3.19 bits per heavy atom. The van der Waals surface area contributed by atoms with Crippen molar-refractivity contribution in [1.82, 2.24) is 10.3 Å². The highest BCUT2D eigenvalue weighted by Gasteiger charge is 2.22. The minimum absolute atomic E-state index is 0.506. The van der Waals surface area contributed by atoms with E-state index in [2.05, 4.69) is 28.2 Å². The Kier molecular flexibility index (Phi) is 3.37. The van der Waals surface area contributed by atoms with Crippen molar-refractivity contribution < 1.29 is 0 Å². The molecule has 1 aromatic rings. The monoisotopic (exact) mass is 216 g/mol. The molecule has 4 heteroatoms. The molecule has 0 aliphatic carbocycles. The van der Waals surface area contributed by atoms with Gasteiger partial charge in [0.15, 0.2) is 0 Å². The molecular formula is C12H16N4. The van der Waals surface area contributed by atoms with Crippen LogP contribution in [0.5, 0.6) is 0 Å². The Labute approximate surface area is 95.9 Å². The van der Waals surface area contributed by atoms with Gasteiger partial charge in [-0.15, -0.1) is 0 Å². The van der Waals surface area contributed by atoms with E-state index in [1.54, 1.807) is 12.3 Å². The molecule has 1 aliphatic heterocycles. The number of rotatable bonds is 3. The van der Waals surface area contributed by atoms with E-state index in [1.165, 1.54) is 0 Å². The van der Waals surface area contributed by atoms with Crippen molar-refractivity contribution in [1.29, 1.82) is 5.26 Å². The van der Waals surface area contributed by atoms with Crippen molar-refractivity contribution in [3.8, 4) is 6.07 Å². The van der Waals surface area contributed by atoms with Gasteiger partial charge in [0.2, 0.25) is 0 Å². The summed E-state index contributed by atoms with van der Waals surface area (Å²) in [5.41, 5.74) is 0.675. The van der Waals surface area contributed by atoms with Gasteiger partial charge in [-0.2, -0.15) is 5.26 Å². The lowest BCUT2D eigenvalue weighted by Crippen LogP contribution is -2.37. The zero-order valence-corrected chi connectivity index (χ0v) is 9.48. The van der Waals surface area contributed by atoms with Gasteiger partial charge in [0.05, 0.1) is 11.6 Å². The zero-order valence-electron chi connectivity index (χ0n) is 9.48. The van der Waals surface area contributed by atoms with Crippen LogP contribution in [0.15, 0.2) is 18.3 Å². The summed E-state index contributed by atoms with van der Waals surface area (Å²) in [6.45, 7) is 5.12. The molecule has 16 heavy (non-hydrogen) atoms. The van der Waals surface area contributed by atoms with Gasteiger partial charge in [0.1, 0.15) is 5.82 Å². The third-order valence-corrected chi connectivity index (χ3v) is 2.98. The summed E-state index contributed by atoms with van der Waals surface area (Å²) >= 11 is 0. The molecule has 1 aromatic heterocycles. The maximum atomic E-state index is 8.87. The van der Waals surface area contributed by atoms with Gasteiger partial charge in [-0.05, 0) is 32.0 Å². The minimum atomic E-state index is 0.506. The number of nitrogens with one attached hydrogen (secondary N) is 1. The van der Waals surface area contributed by atoms with Gasteiger partial charge in [0.25, 0.3) is 0 Å². The lowest BCUT2D eigenvalue weighted by molar-refractivity contribution is 0.640. The summed E-state index contributed by atoms with van der Waals surface area (Å²) in [6.07, 6.45) is 2.85. The zero-order chi connectivity index (χ0) is 11.4. The number of aromatic nitrogens is 1. The second-order valence-electron chi connectivity index (χ2n) is 3.95. The highest BCUT2D eigenvalue weighted by Crippen LogP contribution is 2.18. The van der Waals surface area contributed by atoms with Crippen LogP contribution in [0.3, 0.4) is 0 Å². The van der Waals surface area contributed by atoms with Gasteiger partial charge in [-0.1, -0.05) is 0 Å². The SMILES string of the molecule is CCN(c1cc(C#N)ccn1)C1CCNC1. The minimum Gasteiger partial charge on any atom is -0.353 e. The van der Waals surface area contributed by atoms with E-state index in [4.69, 9.17) is 5.26 Å². The fraction of sp³-hybridized carbons (Fsp3) is 0.500. The summed E-state index contributed by atoms with van der Waals surface area (Å²) in [7, 11) is 0. The molecule has 0 aromatic carbocycles. The lowest BCUT2D eigenvalue weighted by Gasteiger charge is -2.28. The molecule has 1 fully saturated rings. The Morgan fingerprint density at radius 2 is 2.56 bits per heavy atom. The van der Waals surface area contributed by atoms with Crippen LogP contribution in [-0.2, 0) is 0 Å². The van der Waals surface area contributed by atoms with Crippen molar-refractivity contribution >= 4 is 5.82 Å². The van der Waals surface area contributed by atoms with Crippen LogP contribution < -0.4 is 10.2 Å². The van der Waals surface area contributed by atoms with E-state index in [0.717, 1.165) is 31.9 Å². The topological polar surface area (TPSA) is 52.0 Å². The first-order valence-corrected chi connectivity index (χ1v) is 5.68. The molecule has 1 saturated heterocycles. The number of anilines is 1. The van der Waals surface area contributed by atoms with Crippen LogP contribution in [0.4, 0.5) is 5.82 Å². The average Bonchev–Trinajstić information content (AvgIpc) is 2.84. The molecule has 0 radical (unpaired) electrons. The number of hydrogen-bond donors (Lipinski definition) is 1. The number of likely N-dealkylation sites (N-methyl/N-ethyl adjacent to an activating group) is 1. The van der Waals surface area contributed by atoms with Crippen LogP contribution in [-0.4, -0.2) is 30.7 Å². The number of pyridine rings is 1. The van der Waals surface area contributed by atoms with Crippen molar-refractivity contribution in [3.63, 3.8) is 0 Å². The summed E-state index contributed by atoms with van der Waals surface area (Å²) < 4.78 is 0. The Balaban J connectivity index is 2.22. The quantitative estimate of drug-likeness (QED) is 0.823. The molecule has 1 N–H and O–H groups in total. The van der Waals surface area contributed by atoms with Crippen LogP contribution in [0.25, 0.3) is 0 Å².